The lowest BCUT2D eigenvalue weighted by Gasteiger charge is -2.35. The van der Waals surface area contributed by atoms with Crippen LogP contribution in [0.3, 0.4) is 0 Å². The molecule has 1 aliphatic heterocycles. The van der Waals surface area contributed by atoms with Crippen molar-refractivity contribution in [2.75, 3.05) is 13.7 Å². The number of rotatable bonds is 9. The highest BCUT2D eigenvalue weighted by molar-refractivity contribution is 5.94. The summed E-state index contributed by atoms with van der Waals surface area (Å²) in [6.45, 7) is 2.80. The second-order valence-corrected chi connectivity index (χ2v) is 9.87. The van der Waals surface area contributed by atoms with Gasteiger partial charge in [-0.25, -0.2) is 5.01 Å². The molecule has 5 rings (SSSR count). The first-order valence-electron chi connectivity index (χ1n) is 13.7. The van der Waals surface area contributed by atoms with E-state index >= 15 is 0 Å². The molecule has 1 aromatic heterocycles. The first kappa shape index (κ1) is 27.9. The van der Waals surface area contributed by atoms with E-state index in [0.717, 1.165) is 28.7 Å². The third-order valence-electron chi connectivity index (χ3n) is 7.20. The average molecular weight is 553 g/mol. The Balaban J connectivity index is 1.44. The van der Waals surface area contributed by atoms with Crippen LogP contribution in [0.2, 0.25) is 0 Å². The largest absolute Gasteiger partial charge is 0.468 e. The van der Waals surface area contributed by atoms with E-state index in [-0.39, 0.29) is 24.3 Å². The van der Waals surface area contributed by atoms with Gasteiger partial charge in [0.2, 0.25) is 5.91 Å². The first-order chi connectivity index (χ1) is 20.0. The molecular weight excluding hydrogens is 520 g/mol. The molecule has 0 spiro atoms. The highest BCUT2D eigenvalue weighted by atomic mass is 16.5. The Kier molecular flexibility index (Phi) is 8.59. The standard InChI is InChI=1S/C31H32N6O4/c1-3-10-28(38)37-29(32-33-34-37)26-14-8-7-13-25(26)23-18-16-22(17-19-23)21-36(30(39)24-11-5-4-6-12-24)35-20-9-15-27(35)31(40)41-2/h4-8,11-14,16-19,27H,3,9-10,15,20-21H2,1-2H3. The van der Waals surface area contributed by atoms with Crippen molar-refractivity contribution in [2.45, 2.75) is 45.2 Å². The third-order valence-corrected chi connectivity index (χ3v) is 7.20. The van der Waals surface area contributed by atoms with Gasteiger partial charge < -0.3 is 4.74 Å². The summed E-state index contributed by atoms with van der Waals surface area (Å²) in [6, 6.07) is 24.1. The molecule has 0 radical (unpaired) electrons. The van der Waals surface area contributed by atoms with Gasteiger partial charge in [0, 0.05) is 24.1 Å². The van der Waals surface area contributed by atoms with Crippen molar-refractivity contribution in [3.8, 4) is 22.5 Å². The van der Waals surface area contributed by atoms with Crippen LogP contribution in [0.5, 0.6) is 0 Å². The third kappa shape index (κ3) is 5.92. The number of ether oxygens (including phenoxy) is 1. The molecule has 1 unspecified atom stereocenters. The van der Waals surface area contributed by atoms with E-state index in [2.05, 4.69) is 15.5 Å². The summed E-state index contributed by atoms with van der Waals surface area (Å²) in [5.41, 5.74) is 3.98. The van der Waals surface area contributed by atoms with Crippen molar-refractivity contribution >= 4 is 17.8 Å². The van der Waals surface area contributed by atoms with E-state index < -0.39 is 6.04 Å². The maximum Gasteiger partial charge on any atom is 0.324 e. The van der Waals surface area contributed by atoms with E-state index in [0.29, 0.717) is 37.2 Å². The molecule has 0 bridgehead atoms. The minimum Gasteiger partial charge on any atom is -0.468 e. The van der Waals surface area contributed by atoms with Crippen molar-refractivity contribution in [1.29, 1.82) is 0 Å². The van der Waals surface area contributed by atoms with Gasteiger partial charge >= 0.3 is 5.97 Å². The molecule has 41 heavy (non-hydrogen) atoms. The Bertz CT molecular complexity index is 1520. The fourth-order valence-corrected chi connectivity index (χ4v) is 5.16. The van der Waals surface area contributed by atoms with Gasteiger partial charge in [-0.2, -0.15) is 4.68 Å². The Hall–Kier alpha value is -4.70. The minimum atomic E-state index is -0.514. The topological polar surface area (TPSA) is 111 Å². The Morgan fingerprint density at radius 1 is 0.951 bits per heavy atom. The van der Waals surface area contributed by atoms with Crippen LogP contribution >= 0.6 is 0 Å². The molecule has 210 valence electrons. The lowest BCUT2D eigenvalue weighted by Crippen LogP contribution is -2.51. The van der Waals surface area contributed by atoms with Crippen molar-refractivity contribution < 1.29 is 19.1 Å². The van der Waals surface area contributed by atoms with E-state index in [4.69, 9.17) is 4.74 Å². The SMILES string of the molecule is CCCC(=O)n1nnnc1-c1ccccc1-c1ccc(CN(C(=O)c2ccccc2)N2CCCC2C(=O)OC)cc1. The fourth-order valence-electron chi connectivity index (χ4n) is 5.16. The zero-order valence-corrected chi connectivity index (χ0v) is 23.1. The van der Waals surface area contributed by atoms with Crippen molar-refractivity contribution in [3.05, 3.63) is 90.0 Å². The van der Waals surface area contributed by atoms with Crippen LogP contribution < -0.4 is 0 Å². The number of hydrogen-bond donors (Lipinski definition) is 0. The van der Waals surface area contributed by atoms with E-state index in [1.54, 1.807) is 17.1 Å². The van der Waals surface area contributed by atoms with Gasteiger partial charge in [-0.15, -0.1) is 5.10 Å². The zero-order chi connectivity index (χ0) is 28.8. The van der Waals surface area contributed by atoms with Crippen LogP contribution in [0.4, 0.5) is 0 Å². The monoisotopic (exact) mass is 552 g/mol. The molecule has 1 fully saturated rings. The smallest absolute Gasteiger partial charge is 0.324 e. The number of tetrazole rings is 1. The van der Waals surface area contributed by atoms with Crippen LogP contribution in [-0.4, -0.2) is 67.7 Å². The molecule has 1 saturated heterocycles. The maximum absolute atomic E-state index is 13.7. The predicted molar refractivity (Wildman–Crippen MR) is 152 cm³/mol. The summed E-state index contributed by atoms with van der Waals surface area (Å²) in [5.74, 6) is -0.293. The van der Waals surface area contributed by atoms with E-state index in [1.165, 1.54) is 11.8 Å². The van der Waals surface area contributed by atoms with Gasteiger partial charge in [0.05, 0.1) is 13.7 Å². The first-order valence-corrected chi connectivity index (χ1v) is 13.7. The summed E-state index contributed by atoms with van der Waals surface area (Å²) >= 11 is 0. The number of carbonyl (C=O) groups excluding carboxylic acids is 3. The summed E-state index contributed by atoms with van der Waals surface area (Å²) in [4.78, 5) is 38.8. The molecule has 0 aliphatic carbocycles. The second-order valence-electron chi connectivity index (χ2n) is 9.87. The summed E-state index contributed by atoms with van der Waals surface area (Å²) in [7, 11) is 1.37. The van der Waals surface area contributed by atoms with E-state index in [1.807, 2.05) is 78.7 Å². The van der Waals surface area contributed by atoms with Crippen molar-refractivity contribution in [1.82, 2.24) is 30.2 Å². The number of carbonyl (C=O) groups is 3. The molecule has 4 aromatic rings. The summed E-state index contributed by atoms with van der Waals surface area (Å²) in [5, 5.41) is 15.3. The van der Waals surface area contributed by atoms with E-state index in [9.17, 15) is 14.4 Å². The normalized spacial score (nSPS) is 15.0. The van der Waals surface area contributed by atoms with Crippen LogP contribution in [-0.2, 0) is 16.1 Å². The molecule has 0 saturated carbocycles. The number of hydrazine groups is 1. The zero-order valence-electron chi connectivity index (χ0n) is 23.1. The Labute approximate surface area is 238 Å². The molecule has 1 aliphatic rings. The van der Waals surface area contributed by atoms with Crippen LogP contribution in [0.15, 0.2) is 78.9 Å². The number of esters is 1. The quantitative estimate of drug-likeness (QED) is 0.218. The molecule has 10 nitrogen and oxygen atoms in total. The molecule has 10 heteroatoms. The second kappa shape index (κ2) is 12.6. The fraction of sp³-hybridized carbons (Fsp3) is 0.290. The number of hydrogen-bond acceptors (Lipinski definition) is 8. The van der Waals surface area contributed by atoms with Crippen LogP contribution in [0.25, 0.3) is 22.5 Å². The van der Waals surface area contributed by atoms with Gasteiger partial charge in [-0.3, -0.25) is 19.4 Å². The molecule has 3 aromatic carbocycles. The number of amides is 1. The highest BCUT2D eigenvalue weighted by Gasteiger charge is 2.37. The molecule has 1 atom stereocenters. The number of benzene rings is 3. The molecule has 1 amide bonds. The molecule has 2 heterocycles. The van der Waals surface area contributed by atoms with Gasteiger partial charge in [0.1, 0.15) is 6.04 Å². The minimum absolute atomic E-state index is 0.159. The lowest BCUT2D eigenvalue weighted by atomic mass is 9.98. The van der Waals surface area contributed by atoms with Gasteiger partial charge in [0.25, 0.3) is 5.91 Å². The van der Waals surface area contributed by atoms with Crippen LogP contribution in [0, 0.1) is 0 Å². The molecular formula is C31H32N6O4. The predicted octanol–water partition coefficient (Wildman–Crippen LogP) is 4.64. The average Bonchev–Trinajstić information content (AvgIpc) is 3.71. The molecule has 0 N–H and O–H groups in total. The number of aromatic nitrogens is 4. The number of nitrogens with zero attached hydrogens (tertiary/aromatic N) is 6. The van der Waals surface area contributed by atoms with Gasteiger partial charge in [0.15, 0.2) is 5.82 Å². The maximum atomic E-state index is 13.7. The van der Waals surface area contributed by atoms with Crippen molar-refractivity contribution in [2.24, 2.45) is 0 Å². The Morgan fingerprint density at radius 2 is 1.66 bits per heavy atom. The van der Waals surface area contributed by atoms with Crippen molar-refractivity contribution in [3.63, 3.8) is 0 Å². The van der Waals surface area contributed by atoms with Gasteiger partial charge in [-0.05, 0) is 58.5 Å². The van der Waals surface area contributed by atoms with Gasteiger partial charge in [-0.1, -0.05) is 73.7 Å². The summed E-state index contributed by atoms with van der Waals surface area (Å²) in [6.07, 6.45) is 2.46. The summed E-state index contributed by atoms with van der Waals surface area (Å²) < 4.78 is 6.30. The lowest BCUT2D eigenvalue weighted by molar-refractivity contribution is -0.151. The Morgan fingerprint density at radius 3 is 2.37 bits per heavy atom. The number of methoxy groups -OCH3 is 1. The van der Waals surface area contributed by atoms with Crippen LogP contribution in [0.1, 0.15) is 53.3 Å². The highest BCUT2D eigenvalue weighted by Crippen LogP contribution is 2.31.